The number of para-hydroxylation sites is 1. The van der Waals surface area contributed by atoms with Crippen molar-refractivity contribution in [2.45, 2.75) is 33.1 Å². The Morgan fingerprint density at radius 3 is 2.35 bits per heavy atom. The van der Waals surface area contributed by atoms with Crippen LogP contribution in [0.3, 0.4) is 0 Å². The average molecular weight is 519 g/mol. The smallest absolute Gasteiger partial charge is 0.235 e. The maximum atomic E-state index is 5.21. The summed E-state index contributed by atoms with van der Waals surface area (Å²) in [6.07, 6.45) is 9.47. The molecule has 1 aliphatic carbocycles. The lowest BCUT2D eigenvalue weighted by molar-refractivity contribution is 0.964. The zero-order valence-electron chi connectivity index (χ0n) is 22.8. The van der Waals surface area contributed by atoms with E-state index in [1.54, 1.807) is 0 Å². The molecule has 0 unspecified atom stereocenters. The van der Waals surface area contributed by atoms with E-state index in [-0.39, 0.29) is 0 Å². The minimum atomic E-state index is 0.665. The fourth-order valence-corrected chi connectivity index (χ4v) is 5.81. The van der Waals surface area contributed by atoms with Crippen LogP contribution in [0.4, 0.5) is 0 Å². The second-order valence-electron chi connectivity index (χ2n) is 10.3. The molecule has 0 N–H and O–H groups in total. The van der Waals surface area contributed by atoms with Crippen LogP contribution in [0.2, 0.25) is 0 Å². The predicted octanol–water partition coefficient (Wildman–Crippen LogP) is 8.91. The molecule has 0 fully saturated rings. The molecule has 194 valence electrons. The van der Waals surface area contributed by atoms with Gasteiger partial charge in [-0.1, -0.05) is 97.9 Å². The van der Waals surface area contributed by atoms with Gasteiger partial charge < -0.3 is 0 Å². The van der Waals surface area contributed by atoms with Crippen molar-refractivity contribution in [3.63, 3.8) is 0 Å². The summed E-state index contributed by atoms with van der Waals surface area (Å²) in [7, 11) is 0. The van der Waals surface area contributed by atoms with Crippen molar-refractivity contribution in [3.05, 3.63) is 126 Å². The highest BCUT2D eigenvalue weighted by Gasteiger charge is 2.20. The second-order valence-corrected chi connectivity index (χ2v) is 10.3. The number of aromatic nitrogens is 4. The summed E-state index contributed by atoms with van der Waals surface area (Å²) in [6, 6.07) is 31.9. The molecule has 0 saturated heterocycles. The van der Waals surface area contributed by atoms with E-state index in [9.17, 15) is 0 Å². The maximum absolute atomic E-state index is 5.21. The van der Waals surface area contributed by atoms with Gasteiger partial charge in [-0.25, -0.2) is 9.97 Å². The number of allylic oxidation sites excluding steroid dienone is 4. The molecule has 0 amide bonds. The van der Waals surface area contributed by atoms with Gasteiger partial charge in [0.1, 0.15) is 0 Å². The molecule has 0 spiro atoms. The molecule has 3 heterocycles. The lowest BCUT2D eigenvalue weighted by atomic mass is 9.97. The molecule has 0 bridgehead atoms. The van der Waals surface area contributed by atoms with Crippen LogP contribution in [0.1, 0.15) is 36.7 Å². The first-order valence-electron chi connectivity index (χ1n) is 14.0. The monoisotopic (exact) mass is 518 g/mol. The molecular weight excluding hydrogens is 488 g/mol. The summed E-state index contributed by atoms with van der Waals surface area (Å²) < 4.78 is 2.20. The van der Waals surface area contributed by atoms with E-state index in [0.29, 0.717) is 5.95 Å². The molecule has 3 aromatic carbocycles. The fourth-order valence-electron chi connectivity index (χ4n) is 5.81. The number of aryl methyl sites for hydroxylation is 2. The second kappa shape index (κ2) is 10.0. The summed E-state index contributed by atoms with van der Waals surface area (Å²) in [4.78, 5) is 15.6. The van der Waals surface area contributed by atoms with Crippen molar-refractivity contribution in [3.8, 4) is 28.3 Å². The summed E-state index contributed by atoms with van der Waals surface area (Å²) in [6.45, 7) is 4.32. The van der Waals surface area contributed by atoms with Crippen molar-refractivity contribution in [2.75, 3.05) is 0 Å². The molecule has 6 aromatic rings. The Morgan fingerprint density at radius 2 is 1.52 bits per heavy atom. The summed E-state index contributed by atoms with van der Waals surface area (Å²) in [5, 5.41) is 1.10. The number of fused-ring (bicyclic) bond motifs is 3. The Morgan fingerprint density at radius 1 is 0.750 bits per heavy atom. The van der Waals surface area contributed by atoms with Crippen LogP contribution in [-0.4, -0.2) is 19.5 Å². The van der Waals surface area contributed by atoms with Crippen molar-refractivity contribution < 1.29 is 0 Å². The normalized spacial score (nSPS) is 13.2. The highest BCUT2D eigenvalue weighted by molar-refractivity contribution is 6.08. The number of pyridine rings is 1. The first kappa shape index (κ1) is 24.2. The minimum Gasteiger partial charge on any atom is -0.276 e. The molecule has 0 aliphatic heterocycles. The molecule has 4 heteroatoms. The summed E-state index contributed by atoms with van der Waals surface area (Å²) >= 11 is 0. The van der Waals surface area contributed by atoms with Gasteiger partial charge >= 0.3 is 0 Å². The molecule has 40 heavy (non-hydrogen) atoms. The first-order valence-corrected chi connectivity index (χ1v) is 14.0. The highest BCUT2D eigenvalue weighted by atomic mass is 15.2. The largest absolute Gasteiger partial charge is 0.276 e. The van der Waals surface area contributed by atoms with E-state index >= 15 is 0 Å². The van der Waals surface area contributed by atoms with E-state index in [4.69, 9.17) is 15.0 Å². The molecule has 7 rings (SSSR count). The van der Waals surface area contributed by atoms with Crippen molar-refractivity contribution in [1.82, 2.24) is 19.5 Å². The van der Waals surface area contributed by atoms with Gasteiger partial charge in [0, 0.05) is 22.2 Å². The third kappa shape index (κ3) is 4.13. The van der Waals surface area contributed by atoms with Crippen LogP contribution in [0.25, 0.3) is 55.8 Å². The molecular formula is C36H30N4. The highest BCUT2D eigenvalue weighted by Crippen LogP contribution is 2.36. The van der Waals surface area contributed by atoms with E-state index < -0.39 is 0 Å². The third-order valence-electron chi connectivity index (χ3n) is 7.85. The zero-order chi connectivity index (χ0) is 27.1. The fraction of sp³-hybridized carbons (Fsp3) is 0.139. The van der Waals surface area contributed by atoms with Crippen molar-refractivity contribution in [2.24, 2.45) is 0 Å². The van der Waals surface area contributed by atoms with Gasteiger partial charge in [-0.2, -0.15) is 0 Å². The van der Waals surface area contributed by atoms with Crippen LogP contribution in [0, 0.1) is 6.92 Å². The van der Waals surface area contributed by atoms with Crippen molar-refractivity contribution >= 4 is 27.5 Å². The molecule has 0 radical (unpaired) electrons. The number of nitrogens with zero attached hydrogens (tertiary/aromatic N) is 4. The lowest BCUT2D eigenvalue weighted by Gasteiger charge is -2.15. The van der Waals surface area contributed by atoms with Gasteiger partial charge in [-0.3, -0.25) is 9.55 Å². The van der Waals surface area contributed by atoms with Crippen LogP contribution in [0.5, 0.6) is 0 Å². The molecule has 3 aromatic heterocycles. The SMILES string of the molecule is CCc1ccccc1-c1cc2c(nc1C)c1ccccc1n2-c1nc(C2=CC=CCC2)cc(-c2ccccc2)n1. The molecule has 4 nitrogen and oxygen atoms in total. The van der Waals surface area contributed by atoms with Gasteiger partial charge in [0.2, 0.25) is 5.95 Å². The third-order valence-corrected chi connectivity index (χ3v) is 7.85. The molecule has 0 saturated carbocycles. The van der Waals surface area contributed by atoms with Crippen LogP contribution < -0.4 is 0 Å². The molecule has 1 aliphatic rings. The van der Waals surface area contributed by atoms with Gasteiger partial charge in [-0.05, 0) is 61.1 Å². The number of hydrogen-bond acceptors (Lipinski definition) is 3. The standard InChI is InChI=1S/C36H30N4/c1-3-25-14-10-11-19-28(25)30-22-34-35(37-24(30)2)29-20-12-13-21-33(29)40(34)36-38-31(26-15-6-4-7-16-26)23-32(39-36)27-17-8-5-9-18-27/h4-8,10-17,19-23H,3,9,18H2,1-2H3. The Balaban J connectivity index is 1.55. The molecule has 0 atom stereocenters. The Kier molecular flexibility index (Phi) is 6.09. The van der Waals surface area contributed by atoms with Gasteiger partial charge in [0.25, 0.3) is 0 Å². The Labute approximate surface area is 234 Å². The quantitative estimate of drug-likeness (QED) is 0.229. The lowest BCUT2D eigenvalue weighted by Crippen LogP contribution is -2.06. The van der Waals surface area contributed by atoms with E-state index in [0.717, 1.165) is 69.4 Å². The van der Waals surface area contributed by atoms with E-state index in [2.05, 4.69) is 122 Å². The zero-order valence-corrected chi connectivity index (χ0v) is 22.8. The van der Waals surface area contributed by atoms with Crippen LogP contribution in [0.15, 0.2) is 109 Å². The summed E-state index contributed by atoms with van der Waals surface area (Å²) in [5.74, 6) is 0.665. The Hall–Kier alpha value is -4.83. The predicted molar refractivity (Wildman–Crippen MR) is 166 cm³/mol. The Bertz CT molecular complexity index is 1940. The minimum absolute atomic E-state index is 0.665. The van der Waals surface area contributed by atoms with Gasteiger partial charge in [-0.15, -0.1) is 0 Å². The van der Waals surface area contributed by atoms with Crippen LogP contribution in [-0.2, 0) is 6.42 Å². The van der Waals surface area contributed by atoms with E-state index in [1.165, 1.54) is 16.7 Å². The average Bonchev–Trinajstić information content (AvgIpc) is 3.34. The number of benzene rings is 3. The topological polar surface area (TPSA) is 43.6 Å². The maximum Gasteiger partial charge on any atom is 0.235 e. The van der Waals surface area contributed by atoms with Gasteiger partial charge in [0.05, 0.1) is 27.9 Å². The van der Waals surface area contributed by atoms with Crippen LogP contribution >= 0.6 is 0 Å². The number of hydrogen-bond donors (Lipinski definition) is 0. The first-order chi connectivity index (χ1) is 19.7. The van der Waals surface area contributed by atoms with Gasteiger partial charge in [0.15, 0.2) is 0 Å². The number of rotatable bonds is 5. The van der Waals surface area contributed by atoms with E-state index in [1.807, 2.05) is 6.07 Å². The summed E-state index contributed by atoms with van der Waals surface area (Å²) in [5.41, 5.74) is 11.9. The van der Waals surface area contributed by atoms with Crippen molar-refractivity contribution in [1.29, 1.82) is 0 Å².